The Balaban J connectivity index is 1.34. The van der Waals surface area contributed by atoms with Crippen molar-refractivity contribution >= 4 is 44.0 Å². The fourth-order valence-corrected chi connectivity index (χ4v) is 5.61. The van der Waals surface area contributed by atoms with E-state index in [1.165, 1.54) is 4.31 Å². The molecule has 1 aliphatic rings. The molecule has 0 aliphatic carbocycles. The zero-order valence-corrected chi connectivity index (χ0v) is 19.1. The van der Waals surface area contributed by atoms with E-state index in [0.717, 1.165) is 22.4 Å². The van der Waals surface area contributed by atoms with Gasteiger partial charge in [-0.05, 0) is 48.5 Å². The molecule has 1 aliphatic heterocycles. The maximum absolute atomic E-state index is 13.2. The number of hydrogen-bond donors (Lipinski definition) is 1. The van der Waals surface area contributed by atoms with E-state index in [1.54, 1.807) is 31.2 Å². The second kappa shape index (κ2) is 8.49. The van der Waals surface area contributed by atoms with Crippen LogP contribution in [-0.2, 0) is 14.8 Å². The molecule has 0 unspecified atom stereocenters. The molecule has 1 fully saturated rings. The van der Waals surface area contributed by atoms with Gasteiger partial charge in [-0.2, -0.15) is 4.31 Å². The normalized spacial score (nSPS) is 15.2. The van der Waals surface area contributed by atoms with Crippen molar-refractivity contribution in [1.82, 2.24) is 13.7 Å². The second-order valence-electron chi connectivity index (χ2n) is 8.00. The largest absolute Gasteiger partial charge is 0.352 e. The highest BCUT2D eigenvalue weighted by Gasteiger charge is 2.29. The lowest BCUT2D eigenvalue weighted by atomic mass is 10.2. The van der Waals surface area contributed by atoms with Crippen molar-refractivity contribution in [2.75, 3.05) is 36.4 Å². The highest BCUT2D eigenvalue weighted by Crippen LogP contribution is 2.27. The molecule has 0 spiro atoms. The van der Waals surface area contributed by atoms with Crippen molar-refractivity contribution < 1.29 is 13.2 Å². The molecule has 9 heteroatoms. The highest BCUT2D eigenvalue weighted by atomic mass is 32.2. The number of sulfonamides is 1. The standard InChI is InChI=1S/C24H25N5O3S/c1-2-23(30)25-18-9-11-19(12-10-18)33(31,32)28-16-14-27(15-17-28)24-22-8-5-13-29(22)21-7-4-3-6-20(21)26-24/h3-13H,2,14-17H2,1H3,(H,25,30). The van der Waals surface area contributed by atoms with E-state index < -0.39 is 10.0 Å². The molecule has 2 aromatic carbocycles. The van der Waals surface area contributed by atoms with E-state index in [2.05, 4.69) is 14.6 Å². The summed E-state index contributed by atoms with van der Waals surface area (Å²) in [6, 6.07) is 18.4. The van der Waals surface area contributed by atoms with Gasteiger partial charge >= 0.3 is 0 Å². The molecule has 8 nitrogen and oxygen atoms in total. The Bertz CT molecular complexity index is 1420. The Labute approximate surface area is 192 Å². The van der Waals surface area contributed by atoms with Crippen molar-refractivity contribution in [2.45, 2.75) is 18.2 Å². The molecule has 4 aromatic rings. The SMILES string of the molecule is CCC(=O)Nc1ccc(S(=O)(=O)N2CCN(c3nc4ccccc4n4cccc34)CC2)cc1. The van der Waals surface area contributed by atoms with Gasteiger partial charge < -0.3 is 14.6 Å². The average molecular weight is 464 g/mol. The fourth-order valence-electron chi connectivity index (χ4n) is 4.19. The van der Waals surface area contributed by atoms with Gasteiger partial charge in [-0.15, -0.1) is 0 Å². The second-order valence-corrected chi connectivity index (χ2v) is 9.94. The lowest BCUT2D eigenvalue weighted by Crippen LogP contribution is -2.49. The van der Waals surface area contributed by atoms with Crippen molar-refractivity contribution in [3.8, 4) is 0 Å². The third-order valence-electron chi connectivity index (χ3n) is 5.98. The predicted molar refractivity (Wildman–Crippen MR) is 129 cm³/mol. The Morgan fingerprint density at radius 3 is 2.36 bits per heavy atom. The van der Waals surface area contributed by atoms with Gasteiger partial charge in [0.2, 0.25) is 15.9 Å². The van der Waals surface area contributed by atoms with Gasteiger partial charge in [0.15, 0.2) is 5.82 Å². The highest BCUT2D eigenvalue weighted by molar-refractivity contribution is 7.89. The Morgan fingerprint density at radius 2 is 1.64 bits per heavy atom. The van der Waals surface area contributed by atoms with Crippen LogP contribution in [0.1, 0.15) is 13.3 Å². The molecule has 3 heterocycles. The molecule has 0 bridgehead atoms. The maximum Gasteiger partial charge on any atom is 0.243 e. The number of fused-ring (bicyclic) bond motifs is 3. The Hall–Kier alpha value is -3.43. The van der Waals surface area contributed by atoms with Crippen LogP contribution < -0.4 is 10.2 Å². The number of anilines is 2. The van der Waals surface area contributed by atoms with Crippen LogP contribution in [0.4, 0.5) is 11.5 Å². The summed E-state index contributed by atoms with van der Waals surface area (Å²) >= 11 is 0. The van der Waals surface area contributed by atoms with Gasteiger partial charge in [0.1, 0.15) is 0 Å². The minimum atomic E-state index is -3.62. The lowest BCUT2D eigenvalue weighted by Gasteiger charge is -2.35. The quantitative estimate of drug-likeness (QED) is 0.491. The molecule has 1 N–H and O–H groups in total. The van der Waals surface area contributed by atoms with Gasteiger partial charge in [-0.25, -0.2) is 13.4 Å². The van der Waals surface area contributed by atoms with Gasteiger partial charge in [0, 0.05) is 44.5 Å². The van der Waals surface area contributed by atoms with E-state index in [0.29, 0.717) is 38.3 Å². The third kappa shape index (κ3) is 3.94. The summed E-state index contributed by atoms with van der Waals surface area (Å²) in [7, 11) is -3.62. The summed E-state index contributed by atoms with van der Waals surface area (Å²) < 4.78 is 30.0. The topological polar surface area (TPSA) is 87.0 Å². The van der Waals surface area contributed by atoms with Crippen LogP contribution in [0.3, 0.4) is 0 Å². The summed E-state index contributed by atoms with van der Waals surface area (Å²) in [5.41, 5.74) is 3.54. The van der Waals surface area contributed by atoms with Crippen LogP contribution in [0.2, 0.25) is 0 Å². The van der Waals surface area contributed by atoms with Gasteiger partial charge in [0.05, 0.1) is 21.4 Å². The average Bonchev–Trinajstić information content (AvgIpc) is 3.34. The van der Waals surface area contributed by atoms with Crippen LogP contribution in [0, 0.1) is 0 Å². The zero-order chi connectivity index (χ0) is 23.0. The first-order chi connectivity index (χ1) is 16.0. The number of aromatic nitrogens is 2. The first kappa shape index (κ1) is 21.4. The monoisotopic (exact) mass is 463 g/mol. The van der Waals surface area contributed by atoms with E-state index in [1.807, 2.05) is 42.6 Å². The predicted octanol–water partition coefficient (Wildman–Crippen LogP) is 3.35. The van der Waals surface area contributed by atoms with E-state index in [9.17, 15) is 13.2 Å². The van der Waals surface area contributed by atoms with Gasteiger partial charge in [-0.1, -0.05) is 19.1 Å². The molecular formula is C24H25N5O3S. The number of carbonyl (C=O) groups is 1. The number of amides is 1. The Kier molecular flexibility index (Phi) is 5.51. The van der Waals surface area contributed by atoms with E-state index >= 15 is 0 Å². The summed E-state index contributed by atoms with van der Waals surface area (Å²) in [5, 5.41) is 2.74. The molecule has 170 valence electrons. The minimum Gasteiger partial charge on any atom is -0.352 e. The van der Waals surface area contributed by atoms with Crippen LogP contribution in [-0.4, -0.2) is 54.2 Å². The Morgan fingerprint density at radius 1 is 0.939 bits per heavy atom. The first-order valence-corrected chi connectivity index (χ1v) is 12.4. The third-order valence-corrected chi connectivity index (χ3v) is 7.89. The van der Waals surface area contributed by atoms with Gasteiger partial charge in [0.25, 0.3) is 0 Å². The van der Waals surface area contributed by atoms with E-state index in [4.69, 9.17) is 4.98 Å². The number of rotatable bonds is 5. The summed E-state index contributed by atoms with van der Waals surface area (Å²) in [5.74, 6) is 0.757. The van der Waals surface area contributed by atoms with Crippen LogP contribution in [0.15, 0.2) is 71.8 Å². The number of para-hydroxylation sites is 2. The first-order valence-electron chi connectivity index (χ1n) is 11.0. The molecule has 5 rings (SSSR count). The van der Waals surface area contributed by atoms with Crippen LogP contribution >= 0.6 is 0 Å². The van der Waals surface area contributed by atoms with Gasteiger partial charge in [-0.3, -0.25) is 4.79 Å². The van der Waals surface area contributed by atoms with Crippen LogP contribution in [0.25, 0.3) is 16.6 Å². The smallest absolute Gasteiger partial charge is 0.243 e. The number of hydrogen-bond acceptors (Lipinski definition) is 5. The summed E-state index contributed by atoms with van der Waals surface area (Å²) in [4.78, 5) is 18.8. The van der Waals surface area contributed by atoms with Crippen molar-refractivity contribution in [3.05, 3.63) is 66.9 Å². The number of benzene rings is 2. The molecular weight excluding hydrogens is 438 g/mol. The van der Waals surface area contributed by atoms with Crippen molar-refractivity contribution in [1.29, 1.82) is 0 Å². The molecule has 1 amide bonds. The molecule has 0 radical (unpaired) electrons. The summed E-state index contributed by atoms with van der Waals surface area (Å²) in [6.45, 7) is 3.62. The maximum atomic E-state index is 13.2. The molecule has 0 saturated carbocycles. The van der Waals surface area contributed by atoms with Crippen molar-refractivity contribution in [3.63, 3.8) is 0 Å². The molecule has 33 heavy (non-hydrogen) atoms. The molecule has 2 aromatic heterocycles. The minimum absolute atomic E-state index is 0.110. The number of carbonyl (C=O) groups excluding carboxylic acids is 1. The number of nitrogens with zero attached hydrogens (tertiary/aromatic N) is 4. The molecule has 1 saturated heterocycles. The fraction of sp³-hybridized carbons (Fsp3) is 0.250. The van der Waals surface area contributed by atoms with E-state index in [-0.39, 0.29) is 10.8 Å². The number of nitrogens with one attached hydrogen (secondary N) is 1. The number of piperazine rings is 1. The van der Waals surface area contributed by atoms with Crippen molar-refractivity contribution in [2.24, 2.45) is 0 Å². The zero-order valence-electron chi connectivity index (χ0n) is 18.3. The van der Waals surface area contributed by atoms with Crippen LogP contribution in [0.5, 0.6) is 0 Å². The summed E-state index contributed by atoms with van der Waals surface area (Å²) in [6.07, 6.45) is 2.39. The molecule has 0 atom stereocenters. The lowest BCUT2D eigenvalue weighted by molar-refractivity contribution is -0.115.